The zero-order chi connectivity index (χ0) is 12.2. The second-order valence-corrected chi connectivity index (χ2v) is 6.07. The van der Waals surface area contributed by atoms with Gasteiger partial charge in [-0.25, -0.2) is 8.42 Å². The summed E-state index contributed by atoms with van der Waals surface area (Å²) in [5.41, 5.74) is 6.08. The molecule has 1 aromatic carbocycles. The van der Waals surface area contributed by atoms with Crippen molar-refractivity contribution in [1.29, 1.82) is 0 Å². The Kier molecular flexibility index (Phi) is 4.35. The van der Waals surface area contributed by atoms with E-state index >= 15 is 0 Å². The largest absolute Gasteiger partial charge is 0.399 e. The molecule has 0 unspecified atom stereocenters. The van der Waals surface area contributed by atoms with E-state index < -0.39 is 9.84 Å². The number of anilines is 1. The molecule has 1 rings (SSSR count). The summed E-state index contributed by atoms with van der Waals surface area (Å²) in [7, 11) is -3.19. The van der Waals surface area contributed by atoms with Gasteiger partial charge in [-0.15, -0.1) is 0 Å². The molecule has 16 heavy (non-hydrogen) atoms. The number of nitrogens with two attached hydrogens (primary N) is 1. The molecule has 0 aliphatic carbocycles. The van der Waals surface area contributed by atoms with Gasteiger partial charge in [0.15, 0.2) is 9.84 Å². The number of sulfone groups is 1. The highest BCUT2D eigenvalue weighted by Crippen LogP contribution is 2.19. The smallest absolute Gasteiger partial charge is 0.178 e. The Bertz CT molecular complexity index is 436. The third kappa shape index (κ3) is 3.23. The van der Waals surface area contributed by atoms with Crippen LogP contribution in [0, 0.1) is 5.92 Å². The Morgan fingerprint density at radius 3 is 2.38 bits per heavy atom. The van der Waals surface area contributed by atoms with Crippen molar-refractivity contribution in [2.45, 2.75) is 31.6 Å². The maximum absolute atomic E-state index is 12.1. The van der Waals surface area contributed by atoms with E-state index in [1.165, 1.54) is 6.07 Å². The van der Waals surface area contributed by atoms with Crippen molar-refractivity contribution in [3.05, 3.63) is 24.3 Å². The minimum atomic E-state index is -3.19. The fraction of sp³-hybridized carbons (Fsp3) is 0.500. The molecule has 1 aromatic rings. The zero-order valence-corrected chi connectivity index (χ0v) is 10.6. The minimum absolute atomic E-state index is 0.212. The number of hydrogen-bond donors (Lipinski definition) is 1. The van der Waals surface area contributed by atoms with Gasteiger partial charge >= 0.3 is 0 Å². The number of rotatable bonds is 5. The van der Waals surface area contributed by atoms with Gasteiger partial charge in [0.05, 0.1) is 10.6 Å². The van der Waals surface area contributed by atoms with Gasteiger partial charge in [0.1, 0.15) is 0 Å². The highest BCUT2D eigenvalue weighted by atomic mass is 32.2. The van der Waals surface area contributed by atoms with Crippen LogP contribution in [0.15, 0.2) is 29.2 Å². The second-order valence-electron chi connectivity index (χ2n) is 4.04. The molecule has 2 N–H and O–H groups in total. The van der Waals surface area contributed by atoms with Gasteiger partial charge in [-0.05, 0) is 24.1 Å². The third-order valence-electron chi connectivity index (χ3n) is 2.83. The molecule has 0 radical (unpaired) electrons. The fourth-order valence-corrected chi connectivity index (χ4v) is 3.52. The molecule has 4 heteroatoms. The Morgan fingerprint density at radius 2 is 1.88 bits per heavy atom. The first-order chi connectivity index (χ1) is 7.49. The fourth-order valence-electron chi connectivity index (χ4n) is 1.64. The summed E-state index contributed by atoms with van der Waals surface area (Å²) in [6.45, 7) is 4.03. The molecule has 0 fully saturated rings. The van der Waals surface area contributed by atoms with Crippen molar-refractivity contribution in [2.24, 2.45) is 5.92 Å². The lowest BCUT2D eigenvalue weighted by Gasteiger charge is -2.12. The normalized spacial score (nSPS) is 11.9. The summed E-state index contributed by atoms with van der Waals surface area (Å²) in [6.07, 6.45) is 1.77. The molecular formula is C12H19NO2S. The van der Waals surface area contributed by atoms with Crippen LogP contribution in [0.3, 0.4) is 0 Å². The third-order valence-corrected chi connectivity index (χ3v) is 4.71. The lowest BCUT2D eigenvalue weighted by molar-refractivity contribution is 0.523. The summed E-state index contributed by atoms with van der Waals surface area (Å²) in [6, 6.07) is 6.50. The molecule has 0 amide bonds. The van der Waals surface area contributed by atoms with Crippen molar-refractivity contribution < 1.29 is 8.42 Å². The van der Waals surface area contributed by atoms with E-state index in [4.69, 9.17) is 5.73 Å². The first-order valence-corrected chi connectivity index (χ1v) is 7.23. The van der Waals surface area contributed by atoms with Gasteiger partial charge in [-0.1, -0.05) is 32.8 Å². The predicted molar refractivity (Wildman–Crippen MR) is 67.0 cm³/mol. The summed E-state index contributed by atoms with van der Waals surface area (Å²) >= 11 is 0. The predicted octanol–water partition coefficient (Wildman–Crippen LogP) is 2.48. The van der Waals surface area contributed by atoms with Crippen LogP contribution >= 0.6 is 0 Å². The van der Waals surface area contributed by atoms with E-state index in [0.717, 1.165) is 12.8 Å². The Balaban J connectivity index is 2.94. The molecule has 0 atom stereocenters. The molecule has 3 nitrogen and oxygen atoms in total. The van der Waals surface area contributed by atoms with E-state index in [9.17, 15) is 8.42 Å². The zero-order valence-electron chi connectivity index (χ0n) is 9.81. The second kappa shape index (κ2) is 5.34. The Labute approximate surface area is 97.6 Å². The minimum Gasteiger partial charge on any atom is -0.399 e. The molecular weight excluding hydrogens is 222 g/mol. The van der Waals surface area contributed by atoms with Gasteiger partial charge in [0.25, 0.3) is 0 Å². The lowest BCUT2D eigenvalue weighted by atomic mass is 10.1. The van der Waals surface area contributed by atoms with Gasteiger partial charge in [-0.3, -0.25) is 0 Å². The standard InChI is InChI=1S/C12H19NO2S/c1-3-10(4-2)9-16(14,15)12-7-5-6-11(13)8-12/h5-8,10H,3-4,9,13H2,1-2H3. The molecule has 0 saturated heterocycles. The Morgan fingerprint density at radius 1 is 1.25 bits per heavy atom. The summed E-state index contributed by atoms with van der Waals surface area (Å²) < 4.78 is 24.1. The van der Waals surface area contributed by atoms with Crippen LogP contribution < -0.4 is 5.73 Å². The average Bonchev–Trinajstić information content (AvgIpc) is 2.26. The van der Waals surface area contributed by atoms with Crippen molar-refractivity contribution in [2.75, 3.05) is 11.5 Å². The highest BCUT2D eigenvalue weighted by molar-refractivity contribution is 7.91. The highest BCUT2D eigenvalue weighted by Gasteiger charge is 2.19. The SMILES string of the molecule is CCC(CC)CS(=O)(=O)c1cccc(N)c1. The molecule has 0 aromatic heterocycles. The van der Waals surface area contributed by atoms with Crippen LogP contribution in [0.1, 0.15) is 26.7 Å². The van der Waals surface area contributed by atoms with Crippen molar-refractivity contribution in [3.63, 3.8) is 0 Å². The van der Waals surface area contributed by atoms with Gasteiger partial charge in [0.2, 0.25) is 0 Å². The maximum Gasteiger partial charge on any atom is 0.178 e. The van der Waals surface area contributed by atoms with Crippen LogP contribution in [-0.4, -0.2) is 14.2 Å². The molecule has 0 heterocycles. The van der Waals surface area contributed by atoms with Crippen molar-refractivity contribution in [1.82, 2.24) is 0 Å². The van der Waals surface area contributed by atoms with Crippen LogP contribution in [0.4, 0.5) is 5.69 Å². The molecule has 0 bridgehead atoms. The quantitative estimate of drug-likeness (QED) is 0.806. The van der Waals surface area contributed by atoms with Gasteiger partial charge < -0.3 is 5.73 Å². The Hall–Kier alpha value is -1.03. The monoisotopic (exact) mass is 241 g/mol. The van der Waals surface area contributed by atoms with Crippen LogP contribution in [0.25, 0.3) is 0 Å². The van der Waals surface area contributed by atoms with Crippen LogP contribution in [0.2, 0.25) is 0 Å². The van der Waals surface area contributed by atoms with Crippen LogP contribution in [0.5, 0.6) is 0 Å². The summed E-state index contributed by atoms with van der Waals surface area (Å²) in [5.74, 6) is 0.440. The van der Waals surface area contributed by atoms with E-state index in [0.29, 0.717) is 10.6 Å². The number of benzene rings is 1. The molecule has 0 saturated carbocycles. The number of hydrogen-bond acceptors (Lipinski definition) is 3. The number of nitrogen functional groups attached to an aromatic ring is 1. The first-order valence-electron chi connectivity index (χ1n) is 5.58. The molecule has 90 valence electrons. The van der Waals surface area contributed by atoms with E-state index in [2.05, 4.69) is 0 Å². The lowest BCUT2D eigenvalue weighted by Crippen LogP contribution is -2.15. The van der Waals surface area contributed by atoms with Gasteiger partial charge in [-0.2, -0.15) is 0 Å². The molecule has 0 aliphatic rings. The molecule has 0 aliphatic heterocycles. The van der Waals surface area contributed by atoms with E-state index in [1.807, 2.05) is 13.8 Å². The summed E-state index contributed by atoms with van der Waals surface area (Å²) in [5, 5.41) is 0. The van der Waals surface area contributed by atoms with Crippen molar-refractivity contribution >= 4 is 15.5 Å². The van der Waals surface area contributed by atoms with Crippen molar-refractivity contribution in [3.8, 4) is 0 Å². The van der Waals surface area contributed by atoms with E-state index in [1.54, 1.807) is 18.2 Å². The topological polar surface area (TPSA) is 60.2 Å². The molecule has 0 spiro atoms. The van der Waals surface area contributed by atoms with Gasteiger partial charge in [0, 0.05) is 5.69 Å². The maximum atomic E-state index is 12.1. The first kappa shape index (κ1) is 13.0. The van der Waals surface area contributed by atoms with Crippen LogP contribution in [-0.2, 0) is 9.84 Å². The summed E-state index contributed by atoms with van der Waals surface area (Å²) in [4.78, 5) is 0.333. The average molecular weight is 241 g/mol. The van der Waals surface area contributed by atoms with E-state index in [-0.39, 0.29) is 11.7 Å².